The fourth-order valence-electron chi connectivity index (χ4n) is 2.09. The lowest BCUT2D eigenvalue weighted by atomic mass is 10.0. The van der Waals surface area contributed by atoms with Gasteiger partial charge >= 0.3 is 0 Å². The van der Waals surface area contributed by atoms with Crippen LogP contribution in [0.4, 0.5) is 0 Å². The zero-order chi connectivity index (χ0) is 12.3. The minimum atomic E-state index is 0.140. The number of hydrogen-bond donors (Lipinski definition) is 0. The van der Waals surface area contributed by atoms with Crippen molar-refractivity contribution in [1.82, 2.24) is 4.90 Å². The second kappa shape index (κ2) is 5.83. The van der Waals surface area contributed by atoms with E-state index in [4.69, 9.17) is 0 Å². The van der Waals surface area contributed by atoms with Gasteiger partial charge in [-0.3, -0.25) is 4.79 Å². The molecule has 0 radical (unpaired) electrons. The molecule has 0 N–H and O–H groups in total. The zero-order valence-electron chi connectivity index (χ0n) is 9.86. The van der Waals surface area contributed by atoms with Crippen LogP contribution in [-0.4, -0.2) is 23.4 Å². The fourth-order valence-corrected chi connectivity index (χ4v) is 3.42. The third-order valence-corrected chi connectivity index (χ3v) is 4.66. The van der Waals surface area contributed by atoms with Crippen molar-refractivity contribution in [2.24, 2.45) is 0 Å². The molecular weight excluding hydrogens is 298 g/mol. The van der Waals surface area contributed by atoms with E-state index in [1.165, 1.54) is 6.42 Å². The topological polar surface area (TPSA) is 20.3 Å². The van der Waals surface area contributed by atoms with E-state index >= 15 is 0 Å². The van der Waals surface area contributed by atoms with Crippen LogP contribution >= 0.6 is 27.3 Å². The largest absolute Gasteiger partial charge is 0.336 e. The Kier molecular flexibility index (Phi) is 4.40. The number of rotatable bonds is 2. The minimum Gasteiger partial charge on any atom is -0.336 e. The normalized spacial score (nSPS) is 21.1. The van der Waals surface area contributed by atoms with Crippen LogP contribution in [0, 0.1) is 0 Å². The van der Waals surface area contributed by atoms with Gasteiger partial charge in [0, 0.05) is 23.5 Å². The van der Waals surface area contributed by atoms with Crippen LogP contribution in [0.5, 0.6) is 0 Å². The lowest BCUT2D eigenvalue weighted by Gasteiger charge is -2.32. The first-order valence-corrected chi connectivity index (χ1v) is 7.52. The molecular formula is C13H16BrNOS. The average Bonchev–Trinajstić information content (AvgIpc) is 2.73. The van der Waals surface area contributed by atoms with Gasteiger partial charge in [0.25, 0.3) is 0 Å². The summed E-state index contributed by atoms with van der Waals surface area (Å²) in [5, 5.41) is 0. The van der Waals surface area contributed by atoms with Gasteiger partial charge in [-0.05, 0) is 60.3 Å². The first-order chi connectivity index (χ1) is 8.16. The summed E-state index contributed by atoms with van der Waals surface area (Å²) in [4.78, 5) is 15.1. The molecule has 4 heteroatoms. The van der Waals surface area contributed by atoms with E-state index in [9.17, 15) is 4.79 Å². The number of likely N-dealkylation sites (tertiary alicyclic amines) is 1. The third-order valence-electron chi connectivity index (χ3n) is 3.07. The number of amides is 1. The van der Waals surface area contributed by atoms with Crippen LogP contribution in [-0.2, 0) is 4.79 Å². The zero-order valence-corrected chi connectivity index (χ0v) is 12.3. The Hall–Kier alpha value is -0.610. The van der Waals surface area contributed by atoms with E-state index in [0.29, 0.717) is 6.04 Å². The number of carbonyl (C=O) groups excluding carboxylic acids is 1. The Morgan fingerprint density at radius 2 is 2.35 bits per heavy atom. The molecule has 2 rings (SSSR count). The molecule has 17 heavy (non-hydrogen) atoms. The van der Waals surface area contributed by atoms with Crippen molar-refractivity contribution in [1.29, 1.82) is 0 Å². The molecule has 2 heterocycles. The van der Waals surface area contributed by atoms with Crippen molar-refractivity contribution in [2.75, 3.05) is 6.54 Å². The maximum absolute atomic E-state index is 12.0. The Labute approximate surface area is 114 Å². The van der Waals surface area contributed by atoms with E-state index in [1.807, 2.05) is 23.1 Å². The standard InChI is InChI=1S/C13H16BrNOS/c1-10-4-2-3-9-15(10)13(16)8-6-11-5-7-12(14)17-11/h5-8,10H,2-4,9H2,1H3. The Morgan fingerprint density at radius 1 is 1.53 bits per heavy atom. The van der Waals surface area contributed by atoms with Gasteiger partial charge in [-0.2, -0.15) is 0 Å². The monoisotopic (exact) mass is 313 g/mol. The second-order valence-electron chi connectivity index (χ2n) is 4.35. The molecule has 1 atom stereocenters. The van der Waals surface area contributed by atoms with Gasteiger partial charge < -0.3 is 4.90 Å². The number of piperidine rings is 1. The van der Waals surface area contributed by atoms with Crippen molar-refractivity contribution < 1.29 is 4.79 Å². The summed E-state index contributed by atoms with van der Waals surface area (Å²) < 4.78 is 1.09. The van der Waals surface area contributed by atoms with Gasteiger partial charge in [-0.15, -0.1) is 11.3 Å². The predicted molar refractivity (Wildman–Crippen MR) is 76.1 cm³/mol. The molecule has 0 aromatic carbocycles. The first kappa shape index (κ1) is 12.8. The molecule has 0 spiro atoms. The molecule has 1 aromatic rings. The highest BCUT2D eigenvalue weighted by Gasteiger charge is 2.21. The number of nitrogens with zero attached hydrogens (tertiary/aromatic N) is 1. The van der Waals surface area contributed by atoms with Crippen LogP contribution in [0.3, 0.4) is 0 Å². The first-order valence-electron chi connectivity index (χ1n) is 5.91. The highest BCUT2D eigenvalue weighted by molar-refractivity contribution is 9.11. The van der Waals surface area contributed by atoms with Gasteiger partial charge in [0.1, 0.15) is 0 Å². The predicted octanol–water partition coefficient (Wildman–Crippen LogP) is 3.92. The van der Waals surface area contributed by atoms with Crippen molar-refractivity contribution >= 4 is 39.2 Å². The molecule has 1 unspecified atom stereocenters. The van der Waals surface area contributed by atoms with Crippen LogP contribution < -0.4 is 0 Å². The Balaban J connectivity index is 1.98. The van der Waals surface area contributed by atoms with E-state index in [-0.39, 0.29) is 5.91 Å². The maximum Gasteiger partial charge on any atom is 0.246 e. The molecule has 1 amide bonds. The molecule has 0 aliphatic carbocycles. The van der Waals surface area contributed by atoms with Gasteiger partial charge in [0.05, 0.1) is 3.79 Å². The number of halogens is 1. The lowest BCUT2D eigenvalue weighted by Crippen LogP contribution is -2.41. The van der Waals surface area contributed by atoms with E-state index in [0.717, 1.165) is 28.0 Å². The average molecular weight is 314 g/mol. The smallest absolute Gasteiger partial charge is 0.246 e. The van der Waals surface area contributed by atoms with Gasteiger partial charge in [-0.25, -0.2) is 0 Å². The fraction of sp³-hybridized carbons (Fsp3) is 0.462. The van der Waals surface area contributed by atoms with Crippen molar-refractivity contribution in [3.63, 3.8) is 0 Å². The second-order valence-corrected chi connectivity index (χ2v) is 6.85. The van der Waals surface area contributed by atoms with Crippen LogP contribution in [0.1, 0.15) is 31.1 Å². The summed E-state index contributed by atoms with van der Waals surface area (Å²) in [7, 11) is 0. The molecule has 1 saturated heterocycles. The highest BCUT2D eigenvalue weighted by atomic mass is 79.9. The van der Waals surface area contributed by atoms with Crippen LogP contribution in [0.15, 0.2) is 22.0 Å². The lowest BCUT2D eigenvalue weighted by molar-refractivity contribution is -0.129. The highest BCUT2D eigenvalue weighted by Crippen LogP contribution is 2.23. The molecule has 0 saturated carbocycles. The molecule has 0 bridgehead atoms. The molecule has 92 valence electrons. The summed E-state index contributed by atoms with van der Waals surface area (Å²) in [5.41, 5.74) is 0. The molecule has 1 fully saturated rings. The summed E-state index contributed by atoms with van der Waals surface area (Å²) in [6.07, 6.45) is 7.10. The van der Waals surface area contributed by atoms with Crippen molar-refractivity contribution in [3.8, 4) is 0 Å². The Bertz CT molecular complexity index is 427. The van der Waals surface area contributed by atoms with Gasteiger partial charge in [0.15, 0.2) is 0 Å². The van der Waals surface area contributed by atoms with E-state index < -0.39 is 0 Å². The molecule has 1 aliphatic heterocycles. The van der Waals surface area contributed by atoms with E-state index in [1.54, 1.807) is 17.4 Å². The summed E-state index contributed by atoms with van der Waals surface area (Å²) in [5.74, 6) is 0.140. The van der Waals surface area contributed by atoms with Gasteiger partial charge in [-0.1, -0.05) is 0 Å². The van der Waals surface area contributed by atoms with Gasteiger partial charge in [0.2, 0.25) is 5.91 Å². The SMILES string of the molecule is CC1CCCCN1C(=O)C=Cc1ccc(Br)s1. The third kappa shape index (κ3) is 3.42. The summed E-state index contributed by atoms with van der Waals surface area (Å²) >= 11 is 5.05. The Morgan fingerprint density at radius 3 is 3.00 bits per heavy atom. The number of thiophene rings is 1. The van der Waals surface area contributed by atoms with Crippen molar-refractivity contribution in [3.05, 3.63) is 26.9 Å². The molecule has 1 aromatic heterocycles. The summed E-state index contributed by atoms with van der Waals surface area (Å²) in [6.45, 7) is 3.03. The van der Waals surface area contributed by atoms with Crippen LogP contribution in [0.2, 0.25) is 0 Å². The summed E-state index contributed by atoms with van der Waals surface area (Å²) in [6, 6.07) is 4.40. The maximum atomic E-state index is 12.0. The minimum absolute atomic E-state index is 0.140. The molecule has 2 nitrogen and oxygen atoms in total. The van der Waals surface area contributed by atoms with Crippen LogP contribution in [0.25, 0.3) is 6.08 Å². The van der Waals surface area contributed by atoms with E-state index in [2.05, 4.69) is 22.9 Å². The number of hydrogen-bond acceptors (Lipinski definition) is 2. The number of carbonyl (C=O) groups is 1. The van der Waals surface area contributed by atoms with Crippen molar-refractivity contribution in [2.45, 2.75) is 32.2 Å². The molecule has 1 aliphatic rings. The quantitative estimate of drug-likeness (QED) is 0.758.